The molecule has 1 atom stereocenters. The first-order valence-corrected chi connectivity index (χ1v) is 7.68. The number of nitrogens with one attached hydrogen (secondary N) is 2. The number of rotatable bonds is 7. The number of benzene rings is 1. The summed E-state index contributed by atoms with van der Waals surface area (Å²) in [6.45, 7) is 3.82. The quantitative estimate of drug-likeness (QED) is 0.500. The Morgan fingerprint density at radius 3 is 2.72 bits per heavy atom. The molecule has 1 aliphatic rings. The number of fused-ring (bicyclic) bond motifs is 1. The average Bonchev–Trinajstić information content (AvgIpc) is 3.03. The molecule has 8 nitrogen and oxygen atoms in total. The van der Waals surface area contributed by atoms with Crippen molar-refractivity contribution in [3.8, 4) is 17.6 Å². The summed E-state index contributed by atoms with van der Waals surface area (Å²) in [5, 5.41) is 23.4. The van der Waals surface area contributed by atoms with E-state index in [4.69, 9.17) is 19.8 Å². The van der Waals surface area contributed by atoms with Crippen LogP contribution in [0.15, 0.2) is 30.0 Å². The smallest absolute Gasteiger partial charge is 0.326 e. The summed E-state index contributed by atoms with van der Waals surface area (Å²) in [4.78, 5) is 23.2. The third-order valence-corrected chi connectivity index (χ3v) is 3.60. The molecule has 1 aromatic rings. The average molecular weight is 345 g/mol. The molecule has 0 spiro atoms. The van der Waals surface area contributed by atoms with Crippen LogP contribution in [0.1, 0.15) is 19.4 Å². The summed E-state index contributed by atoms with van der Waals surface area (Å²) in [6, 6.07) is 6.14. The fourth-order valence-electron chi connectivity index (χ4n) is 2.20. The van der Waals surface area contributed by atoms with Crippen LogP contribution in [-0.4, -0.2) is 29.8 Å². The number of ether oxygens (including phenoxy) is 2. The highest BCUT2D eigenvalue weighted by atomic mass is 16.7. The molecule has 0 saturated carbocycles. The van der Waals surface area contributed by atoms with E-state index in [0.717, 1.165) is 11.8 Å². The Morgan fingerprint density at radius 1 is 1.36 bits per heavy atom. The number of amides is 1. The Balaban J connectivity index is 1.96. The molecule has 0 radical (unpaired) electrons. The molecule has 25 heavy (non-hydrogen) atoms. The van der Waals surface area contributed by atoms with Crippen molar-refractivity contribution in [2.75, 3.05) is 6.79 Å². The predicted octanol–water partition coefficient (Wildman–Crippen LogP) is 1.14. The number of nitrogens with zero attached hydrogens (tertiary/aromatic N) is 1. The molecule has 0 aromatic heterocycles. The van der Waals surface area contributed by atoms with Gasteiger partial charge in [0.2, 0.25) is 6.79 Å². The van der Waals surface area contributed by atoms with Gasteiger partial charge in [0.1, 0.15) is 17.7 Å². The van der Waals surface area contributed by atoms with E-state index in [1.54, 1.807) is 38.1 Å². The van der Waals surface area contributed by atoms with Gasteiger partial charge in [-0.2, -0.15) is 5.26 Å². The fourth-order valence-corrected chi connectivity index (χ4v) is 2.20. The van der Waals surface area contributed by atoms with Crippen molar-refractivity contribution in [1.82, 2.24) is 10.6 Å². The number of nitriles is 1. The molecule has 1 heterocycles. The van der Waals surface area contributed by atoms with Crippen molar-refractivity contribution < 1.29 is 24.2 Å². The van der Waals surface area contributed by atoms with E-state index < -0.39 is 17.9 Å². The molecular weight excluding hydrogens is 326 g/mol. The van der Waals surface area contributed by atoms with E-state index in [9.17, 15) is 9.59 Å². The van der Waals surface area contributed by atoms with E-state index in [-0.39, 0.29) is 24.8 Å². The Bertz CT molecular complexity index is 736. The lowest BCUT2D eigenvalue weighted by atomic mass is 10.1. The van der Waals surface area contributed by atoms with Crippen LogP contribution in [0.3, 0.4) is 0 Å². The molecule has 0 fully saturated rings. The molecule has 2 rings (SSSR count). The number of hydrogen-bond donors (Lipinski definition) is 3. The Labute approximate surface area is 145 Å². The van der Waals surface area contributed by atoms with Gasteiger partial charge in [-0.3, -0.25) is 4.79 Å². The number of carboxylic acids is 1. The molecule has 0 saturated heterocycles. The van der Waals surface area contributed by atoms with Crippen molar-refractivity contribution in [3.63, 3.8) is 0 Å². The van der Waals surface area contributed by atoms with Crippen LogP contribution >= 0.6 is 0 Å². The number of carbonyl (C=O) groups excluding carboxylic acids is 1. The van der Waals surface area contributed by atoms with Gasteiger partial charge in [-0.1, -0.05) is 19.9 Å². The Morgan fingerprint density at radius 2 is 2.08 bits per heavy atom. The van der Waals surface area contributed by atoms with Gasteiger partial charge < -0.3 is 25.2 Å². The molecular formula is C17H19N3O5. The second kappa shape index (κ2) is 8.06. The second-order valence-corrected chi connectivity index (χ2v) is 5.77. The van der Waals surface area contributed by atoms with E-state index in [1.807, 2.05) is 0 Å². The van der Waals surface area contributed by atoms with Gasteiger partial charge in [0.15, 0.2) is 11.5 Å². The normalized spacial score (nSPS) is 13.9. The number of aliphatic carboxylic acids is 1. The summed E-state index contributed by atoms with van der Waals surface area (Å²) in [5.41, 5.74) is 0.584. The summed E-state index contributed by atoms with van der Waals surface area (Å²) in [5.74, 6) is -0.605. The molecule has 3 N–H and O–H groups in total. The number of carboxylic acid groups (broad SMARTS) is 1. The van der Waals surface area contributed by atoms with Gasteiger partial charge >= 0.3 is 5.97 Å². The maximum atomic E-state index is 12.1. The third-order valence-electron chi connectivity index (χ3n) is 3.60. The standard InChI is InChI=1S/C17H19N3O5/c1-10(2)15(17(22)23)19-8-12(6-18)16(21)20-7-11-3-4-13-14(5-11)25-9-24-13/h3-5,8,10,15,19H,7,9H2,1-2H3,(H,20,21)(H,22,23)/b12-8-. The van der Waals surface area contributed by atoms with Gasteiger partial charge in [-0.05, 0) is 23.6 Å². The van der Waals surface area contributed by atoms with Crippen LogP contribution in [0.4, 0.5) is 0 Å². The van der Waals surface area contributed by atoms with Crippen LogP contribution in [0.2, 0.25) is 0 Å². The number of hydrogen-bond acceptors (Lipinski definition) is 6. The minimum absolute atomic E-state index is 0.165. The van der Waals surface area contributed by atoms with Crippen LogP contribution in [0.25, 0.3) is 0 Å². The summed E-state index contributed by atoms with van der Waals surface area (Å²) >= 11 is 0. The SMILES string of the molecule is CC(C)C(N/C=C(/C#N)C(=O)NCc1ccc2c(c1)OCO2)C(=O)O. The first-order valence-electron chi connectivity index (χ1n) is 7.68. The second-order valence-electron chi connectivity index (χ2n) is 5.77. The minimum atomic E-state index is -1.05. The Hall–Kier alpha value is -3.21. The molecule has 0 bridgehead atoms. The van der Waals surface area contributed by atoms with Crippen molar-refractivity contribution in [2.24, 2.45) is 5.92 Å². The van der Waals surface area contributed by atoms with Gasteiger partial charge in [0, 0.05) is 12.7 Å². The van der Waals surface area contributed by atoms with Crippen LogP contribution in [-0.2, 0) is 16.1 Å². The molecule has 8 heteroatoms. The van der Waals surface area contributed by atoms with Crippen molar-refractivity contribution in [3.05, 3.63) is 35.5 Å². The molecule has 1 aromatic carbocycles. The predicted molar refractivity (Wildman–Crippen MR) is 87.5 cm³/mol. The summed E-state index contributed by atoms with van der Waals surface area (Å²) < 4.78 is 10.5. The highest BCUT2D eigenvalue weighted by molar-refractivity contribution is 5.97. The maximum absolute atomic E-state index is 12.1. The van der Waals surface area contributed by atoms with E-state index in [0.29, 0.717) is 11.5 Å². The van der Waals surface area contributed by atoms with Crippen molar-refractivity contribution >= 4 is 11.9 Å². The molecule has 1 amide bonds. The fraction of sp³-hybridized carbons (Fsp3) is 0.353. The maximum Gasteiger partial charge on any atom is 0.326 e. The lowest BCUT2D eigenvalue weighted by molar-refractivity contribution is -0.140. The number of carbonyl (C=O) groups is 2. The molecule has 132 valence electrons. The Kier molecular flexibility index (Phi) is 5.84. The van der Waals surface area contributed by atoms with Crippen LogP contribution in [0, 0.1) is 17.2 Å². The monoisotopic (exact) mass is 345 g/mol. The van der Waals surface area contributed by atoms with E-state index >= 15 is 0 Å². The zero-order valence-electron chi connectivity index (χ0n) is 13.9. The topological polar surface area (TPSA) is 121 Å². The zero-order valence-corrected chi connectivity index (χ0v) is 13.9. The van der Waals surface area contributed by atoms with Gasteiger partial charge in [-0.25, -0.2) is 4.79 Å². The largest absolute Gasteiger partial charge is 0.480 e. The molecule has 1 unspecified atom stereocenters. The van der Waals surface area contributed by atoms with E-state index in [1.165, 1.54) is 0 Å². The molecule has 0 aliphatic carbocycles. The van der Waals surface area contributed by atoms with Crippen molar-refractivity contribution in [1.29, 1.82) is 5.26 Å². The van der Waals surface area contributed by atoms with Crippen molar-refractivity contribution in [2.45, 2.75) is 26.4 Å². The lowest BCUT2D eigenvalue weighted by Gasteiger charge is -2.16. The summed E-state index contributed by atoms with van der Waals surface area (Å²) in [6.07, 6.45) is 1.13. The van der Waals surface area contributed by atoms with Gasteiger partial charge in [0.05, 0.1) is 0 Å². The zero-order chi connectivity index (χ0) is 18.4. The molecule has 1 aliphatic heterocycles. The highest BCUT2D eigenvalue weighted by Crippen LogP contribution is 2.32. The summed E-state index contributed by atoms with van der Waals surface area (Å²) in [7, 11) is 0. The minimum Gasteiger partial charge on any atom is -0.480 e. The lowest BCUT2D eigenvalue weighted by Crippen LogP contribution is -2.38. The van der Waals surface area contributed by atoms with Crippen LogP contribution in [0.5, 0.6) is 11.5 Å². The third kappa shape index (κ3) is 4.64. The van der Waals surface area contributed by atoms with Crippen LogP contribution < -0.4 is 20.1 Å². The van der Waals surface area contributed by atoms with E-state index in [2.05, 4.69) is 10.6 Å². The van der Waals surface area contributed by atoms with Gasteiger partial charge in [0.25, 0.3) is 5.91 Å². The first-order chi connectivity index (χ1) is 11.9. The van der Waals surface area contributed by atoms with Gasteiger partial charge in [-0.15, -0.1) is 0 Å². The first kappa shape index (κ1) is 18.1. The highest BCUT2D eigenvalue weighted by Gasteiger charge is 2.20.